The molecule has 6 nitrogen and oxygen atoms in total. The first-order valence-corrected chi connectivity index (χ1v) is 9.59. The van der Waals surface area contributed by atoms with Gasteiger partial charge in [0.2, 0.25) is 0 Å². The molecule has 0 aliphatic rings. The van der Waals surface area contributed by atoms with E-state index in [-0.39, 0.29) is 17.9 Å². The van der Waals surface area contributed by atoms with Gasteiger partial charge in [-0.05, 0) is 49.4 Å². The number of anilines is 1. The molecule has 0 atom stereocenters. The standard InChI is InChI=1S/C22H21F3N2O4/c1-2-30-13-12-27-11-10-17-18(21(27)29)4-3-5-19(17)31-14-20(28)26-16-8-6-15(7-9-16)22(23,24)25/h3-11H,2,12-14H2,1H3,(H,26,28). The quantitative estimate of drug-likeness (QED) is 0.543. The lowest BCUT2D eigenvalue weighted by Crippen LogP contribution is -2.22. The molecule has 0 aliphatic carbocycles. The fourth-order valence-corrected chi connectivity index (χ4v) is 2.98. The van der Waals surface area contributed by atoms with Crippen LogP contribution in [0.4, 0.5) is 18.9 Å². The summed E-state index contributed by atoms with van der Waals surface area (Å²) in [7, 11) is 0. The highest BCUT2D eigenvalue weighted by molar-refractivity contribution is 5.92. The van der Waals surface area contributed by atoms with E-state index in [0.717, 1.165) is 12.1 Å². The summed E-state index contributed by atoms with van der Waals surface area (Å²) in [5.74, 6) is -0.184. The van der Waals surface area contributed by atoms with Crippen LogP contribution in [-0.4, -0.2) is 30.3 Å². The van der Waals surface area contributed by atoms with Crippen LogP contribution in [0.1, 0.15) is 12.5 Å². The maximum absolute atomic E-state index is 12.6. The third-order valence-corrected chi connectivity index (χ3v) is 4.51. The summed E-state index contributed by atoms with van der Waals surface area (Å²) in [6.45, 7) is 2.91. The molecular weight excluding hydrogens is 413 g/mol. The zero-order chi connectivity index (χ0) is 22.4. The van der Waals surface area contributed by atoms with E-state index >= 15 is 0 Å². The molecule has 0 aliphatic heterocycles. The van der Waals surface area contributed by atoms with Crippen LogP contribution in [0.5, 0.6) is 5.75 Å². The van der Waals surface area contributed by atoms with E-state index in [1.165, 1.54) is 12.1 Å². The first kappa shape index (κ1) is 22.4. The Morgan fingerprint density at radius 2 is 1.81 bits per heavy atom. The number of rotatable bonds is 8. The van der Waals surface area contributed by atoms with Gasteiger partial charge in [0.25, 0.3) is 11.5 Å². The second kappa shape index (κ2) is 9.65. The third kappa shape index (κ3) is 5.64. The van der Waals surface area contributed by atoms with Gasteiger partial charge in [-0.3, -0.25) is 9.59 Å². The minimum Gasteiger partial charge on any atom is -0.483 e. The lowest BCUT2D eigenvalue weighted by molar-refractivity contribution is -0.137. The van der Waals surface area contributed by atoms with Crippen molar-refractivity contribution in [2.75, 3.05) is 25.1 Å². The van der Waals surface area contributed by atoms with Crippen LogP contribution in [0.25, 0.3) is 10.8 Å². The molecule has 1 heterocycles. The van der Waals surface area contributed by atoms with Gasteiger partial charge in [0, 0.05) is 30.4 Å². The number of nitrogens with one attached hydrogen (secondary N) is 1. The molecular formula is C22H21F3N2O4. The fourth-order valence-electron chi connectivity index (χ4n) is 2.98. The third-order valence-electron chi connectivity index (χ3n) is 4.51. The number of ether oxygens (including phenoxy) is 2. The molecule has 1 N–H and O–H groups in total. The molecule has 0 saturated carbocycles. The van der Waals surface area contributed by atoms with Gasteiger partial charge >= 0.3 is 6.18 Å². The van der Waals surface area contributed by atoms with E-state index in [1.54, 1.807) is 35.0 Å². The molecule has 3 aromatic rings. The number of halogens is 3. The maximum atomic E-state index is 12.6. The number of amides is 1. The Morgan fingerprint density at radius 3 is 2.48 bits per heavy atom. The second-order valence-corrected chi connectivity index (χ2v) is 6.64. The highest BCUT2D eigenvalue weighted by Crippen LogP contribution is 2.29. The number of benzene rings is 2. The van der Waals surface area contributed by atoms with Gasteiger partial charge in [-0.1, -0.05) is 6.07 Å². The van der Waals surface area contributed by atoms with Crippen LogP contribution in [0.3, 0.4) is 0 Å². The molecule has 164 valence electrons. The molecule has 9 heteroatoms. The molecule has 0 spiro atoms. The van der Waals surface area contributed by atoms with Crippen LogP contribution in [0.2, 0.25) is 0 Å². The monoisotopic (exact) mass is 434 g/mol. The summed E-state index contributed by atoms with van der Waals surface area (Å²) in [6.07, 6.45) is -2.81. The highest BCUT2D eigenvalue weighted by Gasteiger charge is 2.30. The number of hydrogen-bond donors (Lipinski definition) is 1. The first-order valence-electron chi connectivity index (χ1n) is 9.59. The topological polar surface area (TPSA) is 69.6 Å². The number of nitrogens with zero attached hydrogens (tertiary/aromatic N) is 1. The Kier molecular flexibility index (Phi) is 6.96. The van der Waals surface area contributed by atoms with Gasteiger partial charge in [-0.2, -0.15) is 13.2 Å². The predicted molar refractivity (Wildman–Crippen MR) is 110 cm³/mol. The molecule has 0 saturated heterocycles. The lowest BCUT2D eigenvalue weighted by atomic mass is 10.1. The van der Waals surface area contributed by atoms with E-state index in [0.29, 0.717) is 36.3 Å². The van der Waals surface area contributed by atoms with Crippen molar-refractivity contribution in [3.05, 3.63) is 70.6 Å². The van der Waals surface area contributed by atoms with E-state index in [2.05, 4.69) is 5.32 Å². The smallest absolute Gasteiger partial charge is 0.416 e. The molecule has 0 radical (unpaired) electrons. The number of carbonyl (C=O) groups excluding carboxylic acids is 1. The summed E-state index contributed by atoms with van der Waals surface area (Å²) in [5, 5.41) is 3.48. The van der Waals surface area contributed by atoms with E-state index < -0.39 is 17.6 Å². The number of fused-ring (bicyclic) bond motifs is 1. The predicted octanol–water partition coefficient (Wildman–Crippen LogP) is 4.07. The Hall–Kier alpha value is -3.33. The van der Waals surface area contributed by atoms with Crippen LogP contribution in [-0.2, 0) is 22.3 Å². The van der Waals surface area contributed by atoms with Crippen molar-refractivity contribution in [2.24, 2.45) is 0 Å². The van der Waals surface area contributed by atoms with E-state index in [4.69, 9.17) is 9.47 Å². The first-order chi connectivity index (χ1) is 14.8. The fraction of sp³-hybridized carbons (Fsp3) is 0.273. The van der Waals surface area contributed by atoms with Gasteiger partial charge in [-0.25, -0.2) is 0 Å². The van der Waals surface area contributed by atoms with Crippen LogP contribution >= 0.6 is 0 Å². The molecule has 1 amide bonds. The Bertz CT molecular complexity index is 1110. The van der Waals surface area contributed by atoms with Crippen molar-refractivity contribution in [3.63, 3.8) is 0 Å². The van der Waals surface area contributed by atoms with Gasteiger partial charge in [0.05, 0.1) is 17.6 Å². The second-order valence-electron chi connectivity index (χ2n) is 6.64. The average molecular weight is 434 g/mol. The maximum Gasteiger partial charge on any atom is 0.416 e. The molecule has 0 unspecified atom stereocenters. The van der Waals surface area contributed by atoms with Gasteiger partial charge in [0.15, 0.2) is 6.61 Å². The molecule has 3 rings (SSSR count). The van der Waals surface area contributed by atoms with Crippen molar-refractivity contribution in [2.45, 2.75) is 19.6 Å². The van der Waals surface area contributed by atoms with Gasteiger partial charge in [-0.15, -0.1) is 0 Å². The van der Waals surface area contributed by atoms with Crippen molar-refractivity contribution < 1.29 is 27.4 Å². The minimum atomic E-state index is -4.44. The van der Waals surface area contributed by atoms with Crippen LogP contribution < -0.4 is 15.6 Å². The number of aromatic nitrogens is 1. The zero-order valence-electron chi connectivity index (χ0n) is 16.7. The molecule has 1 aromatic heterocycles. The Balaban J connectivity index is 1.67. The number of alkyl halides is 3. The van der Waals surface area contributed by atoms with Gasteiger partial charge in [0.1, 0.15) is 5.75 Å². The van der Waals surface area contributed by atoms with Crippen molar-refractivity contribution >= 4 is 22.4 Å². The lowest BCUT2D eigenvalue weighted by Gasteiger charge is -2.12. The van der Waals surface area contributed by atoms with E-state index in [1.807, 2.05) is 6.92 Å². The molecule has 0 fully saturated rings. The summed E-state index contributed by atoms with van der Waals surface area (Å²) >= 11 is 0. The minimum absolute atomic E-state index is 0.197. The number of carbonyl (C=O) groups is 1. The van der Waals surface area contributed by atoms with E-state index in [9.17, 15) is 22.8 Å². The Morgan fingerprint density at radius 1 is 1.06 bits per heavy atom. The van der Waals surface area contributed by atoms with Crippen LogP contribution in [0, 0.1) is 0 Å². The molecule has 2 aromatic carbocycles. The SMILES string of the molecule is CCOCCn1ccc2c(OCC(=O)Nc3ccc(C(F)(F)F)cc3)cccc2c1=O. The normalized spacial score (nSPS) is 11.5. The Labute approximate surface area is 176 Å². The highest BCUT2D eigenvalue weighted by atomic mass is 19.4. The van der Waals surface area contributed by atoms with Gasteiger partial charge < -0.3 is 19.4 Å². The summed E-state index contributed by atoms with van der Waals surface area (Å²) in [5.41, 5.74) is -0.780. The summed E-state index contributed by atoms with van der Waals surface area (Å²) in [6, 6.07) is 10.8. The summed E-state index contributed by atoms with van der Waals surface area (Å²) in [4.78, 5) is 24.8. The number of hydrogen-bond acceptors (Lipinski definition) is 4. The van der Waals surface area contributed by atoms with Crippen molar-refractivity contribution in [1.29, 1.82) is 0 Å². The largest absolute Gasteiger partial charge is 0.483 e. The molecule has 31 heavy (non-hydrogen) atoms. The number of pyridine rings is 1. The zero-order valence-corrected chi connectivity index (χ0v) is 16.7. The van der Waals surface area contributed by atoms with Crippen molar-refractivity contribution in [3.8, 4) is 5.75 Å². The van der Waals surface area contributed by atoms with Crippen molar-refractivity contribution in [1.82, 2.24) is 4.57 Å². The summed E-state index contributed by atoms with van der Waals surface area (Å²) < 4.78 is 50.2. The molecule has 0 bridgehead atoms. The average Bonchev–Trinajstić information content (AvgIpc) is 2.74. The van der Waals surface area contributed by atoms with Crippen LogP contribution in [0.15, 0.2) is 59.5 Å².